The molecule has 0 aliphatic heterocycles. The van der Waals surface area contributed by atoms with Crippen LogP contribution in [0.3, 0.4) is 0 Å². The van der Waals surface area contributed by atoms with Gasteiger partial charge in [0.1, 0.15) is 0 Å². The molecule has 0 spiro atoms. The van der Waals surface area contributed by atoms with Gasteiger partial charge < -0.3 is 0 Å². The Morgan fingerprint density at radius 1 is 0.531 bits per heavy atom. The van der Waals surface area contributed by atoms with E-state index in [-0.39, 0.29) is 9.79 Å². The van der Waals surface area contributed by atoms with E-state index >= 15 is 0 Å². The standard InChI is InChI=1S/C16H18O12S4/c17-29(18,11-9-27-31(21,22)23)15-5-1-13(2-6-15)14-3-7-16(8-4-14)30(19,20)12-10-28-32(24,25)26/h1-8H,9-12H2,(H,21,22,23)(H,24,25,26). The molecule has 0 aromatic heterocycles. The van der Waals surface area contributed by atoms with Crippen molar-refractivity contribution in [2.45, 2.75) is 9.79 Å². The second-order valence-corrected chi connectivity index (χ2v) is 12.6. The Morgan fingerprint density at radius 3 is 1.06 bits per heavy atom. The van der Waals surface area contributed by atoms with E-state index in [0.717, 1.165) is 0 Å². The number of rotatable bonds is 11. The maximum absolute atomic E-state index is 12.2. The van der Waals surface area contributed by atoms with Crippen LogP contribution in [-0.4, -0.2) is 67.5 Å². The van der Waals surface area contributed by atoms with E-state index in [1.54, 1.807) is 0 Å². The summed E-state index contributed by atoms with van der Waals surface area (Å²) in [5.41, 5.74) is 1.11. The van der Waals surface area contributed by atoms with Gasteiger partial charge in [-0.2, -0.15) is 16.8 Å². The first kappa shape index (κ1) is 26.3. The molecule has 0 aliphatic carbocycles. The molecule has 0 saturated heterocycles. The minimum Gasteiger partial charge on any atom is -0.264 e. The Morgan fingerprint density at radius 2 is 0.812 bits per heavy atom. The fourth-order valence-electron chi connectivity index (χ4n) is 2.44. The van der Waals surface area contributed by atoms with Crippen molar-refractivity contribution in [3.05, 3.63) is 48.5 Å². The Balaban J connectivity index is 2.10. The molecule has 32 heavy (non-hydrogen) atoms. The smallest absolute Gasteiger partial charge is 0.264 e. The van der Waals surface area contributed by atoms with Crippen LogP contribution >= 0.6 is 0 Å². The number of benzene rings is 2. The van der Waals surface area contributed by atoms with E-state index in [9.17, 15) is 33.7 Å². The highest BCUT2D eigenvalue weighted by atomic mass is 32.3. The SMILES string of the molecule is O=S(=O)(O)OCCS(=O)(=O)c1ccc(-c2ccc(S(=O)(=O)CCOS(=O)(=O)O)cc2)cc1. The summed E-state index contributed by atoms with van der Waals surface area (Å²) in [6.07, 6.45) is 0. The van der Waals surface area contributed by atoms with Crippen LogP contribution in [0.1, 0.15) is 0 Å². The van der Waals surface area contributed by atoms with Gasteiger partial charge in [0.25, 0.3) is 0 Å². The van der Waals surface area contributed by atoms with Gasteiger partial charge in [-0.3, -0.25) is 9.11 Å². The third-order valence-electron chi connectivity index (χ3n) is 3.93. The first-order valence-corrected chi connectivity index (χ1v) is 14.5. The Bertz CT molecular complexity index is 1250. The molecule has 178 valence electrons. The highest BCUT2D eigenvalue weighted by molar-refractivity contribution is 7.91. The van der Waals surface area contributed by atoms with Gasteiger partial charge in [-0.1, -0.05) is 24.3 Å². The second-order valence-electron chi connectivity index (χ2n) is 6.19. The van der Waals surface area contributed by atoms with Gasteiger partial charge in [0.15, 0.2) is 19.7 Å². The average molecular weight is 531 g/mol. The summed E-state index contributed by atoms with van der Waals surface area (Å²) in [6.45, 7) is -1.51. The highest BCUT2D eigenvalue weighted by Crippen LogP contribution is 2.24. The van der Waals surface area contributed by atoms with Crippen LogP contribution in [-0.2, 0) is 48.8 Å². The molecule has 0 saturated carbocycles. The quantitative estimate of drug-likeness (QED) is 0.383. The van der Waals surface area contributed by atoms with Crippen LogP contribution < -0.4 is 0 Å². The van der Waals surface area contributed by atoms with Crippen molar-refractivity contribution in [2.24, 2.45) is 0 Å². The van der Waals surface area contributed by atoms with Crippen molar-refractivity contribution in [1.82, 2.24) is 0 Å². The average Bonchev–Trinajstić information content (AvgIpc) is 2.66. The first-order valence-electron chi connectivity index (χ1n) is 8.49. The molecule has 0 bridgehead atoms. The fourth-order valence-corrected chi connectivity index (χ4v) is 5.42. The molecule has 2 N–H and O–H groups in total. The van der Waals surface area contributed by atoms with Crippen LogP contribution in [0.25, 0.3) is 11.1 Å². The van der Waals surface area contributed by atoms with Gasteiger partial charge in [0.05, 0.1) is 34.5 Å². The lowest BCUT2D eigenvalue weighted by molar-refractivity contribution is 0.282. The van der Waals surface area contributed by atoms with Crippen LogP contribution in [0.2, 0.25) is 0 Å². The lowest BCUT2D eigenvalue weighted by Crippen LogP contribution is -2.15. The maximum atomic E-state index is 12.2. The molecule has 12 nitrogen and oxygen atoms in total. The van der Waals surface area contributed by atoms with Crippen molar-refractivity contribution in [3.8, 4) is 11.1 Å². The van der Waals surface area contributed by atoms with E-state index in [1.807, 2.05) is 0 Å². The summed E-state index contributed by atoms with van der Waals surface area (Å²) in [4.78, 5) is -0.226. The lowest BCUT2D eigenvalue weighted by Gasteiger charge is -2.08. The molecule has 2 aromatic carbocycles. The zero-order chi connectivity index (χ0) is 24.2. The summed E-state index contributed by atoms with van der Waals surface area (Å²) in [6, 6.07) is 10.9. The molecular formula is C16H18O12S4. The minimum atomic E-state index is -4.75. The lowest BCUT2D eigenvalue weighted by atomic mass is 10.1. The van der Waals surface area contributed by atoms with Crippen LogP contribution in [0.4, 0.5) is 0 Å². The third kappa shape index (κ3) is 8.21. The molecule has 0 aliphatic rings. The van der Waals surface area contributed by atoms with Crippen molar-refractivity contribution in [2.75, 3.05) is 24.7 Å². The number of sulfone groups is 2. The van der Waals surface area contributed by atoms with Gasteiger partial charge in [-0.15, -0.1) is 0 Å². The predicted octanol–water partition coefficient (Wildman–Crippen LogP) is 0.540. The van der Waals surface area contributed by atoms with Crippen molar-refractivity contribution in [1.29, 1.82) is 0 Å². The van der Waals surface area contributed by atoms with E-state index in [1.165, 1.54) is 48.5 Å². The van der Waals surface area contributed by atoms with Gasteiger partial charge >= 0.3 is 20.8 Å². The van der Waals surface area contributed by atoms with E-state index in [2.05, 4.69) is 8.37 Å². The summed E-state index contributed by atoms with van der Waals surface area (Å²) in [7, 11) is -17.3. The molecule has 0 atom stereocenters. The molecule has 16 heteroatoms. The molecule has 0 radical (unpaired) electrons. The van der Waals surface area contributed by atoms with E-state index in [4.69, 9.17) is 9.11 Å². The molecule has 0 amide bonds. The Kier molecular flexibility index (Phi) is 8.16. The Labute approximate surface area is 185 Å². The summed E-state index contributed by atoms with van der Waals surface area (Å²) < 4.78 is 116. The summed E-state index contributed by atoms with van der Waals surface area (Å²) >= 11 is 0. The Hall–Kier alpha value is -1.92. The van der Waals surface area contributed by atoms with Gasteiger partial charge in [0, 0.05) is 0 Å². The minimum absolute atomic E-state index is 0.113. The van der Waals surface area contributed by atoms with Gasteiger partial charge in [0.2, 0.25) is 0 Å². The molecule has 0 fully saturated rings. The topological polar surface area (TPSA) is 195 Å². The number of hydrogen-bond donors (Lipinski definition) is 2. The van der Waals surface area contributed by atoms with Crippen LogP contribution in [0.15, 0.2) is 58.3 Å². The van der Waals surface area contributed by atoms with Crippen LogP contribution in [0.5, 0.6) is 0 Å². The summed E-state index contributed by atoms with van der Waals surface area (Å²) in [5.74, 6) is -1.36. The zero-order valence-corrected chi connectivity index (χ0v) is 19.3. The molecule has 2 aromatic rings. The second kappa shape index (κ2) is 9.92. The molecular weight excluding hydrogens is 512 g/mol. The molecule has 2 rings (SSSR count). The van der Waals surface area contributed by atoms with Gasteiger partial charge in [-0.25, -0.2) is 25.2 Å². The van der Waals surface area contributed by atoms with E-state index < -0.39 is 65.2 Å². The van der Waals surface area contributed by atoms with Gasteiger partial charge in [-0.05, 0) is 35.4 Å². The maximum Gasteiger partial charge on any atom is 0.397 e. The largest absolute Gasteiger partial charge is 0.397 e. The molecule has 0 heterocycles. The third-order valence-corrected chi connectivity index (χ3v) is 8.25. The molecule has 0 unspecified atom stereocenters. The van der Waals surface area contributed by atoms with Crippen molar-refractivity contribution < 1.29 is 51.1 Å². The monoisotopic (exact) mass is 530 g/mol. The van der Waals surface area contributed by atoms with Crippen LogP contribution in [0, 0.1) is 0 Å². The normalized spacial score (nSPS) is 13.2. The van der Waals surface area contributed by atoms with E-state index in [0.29, 0.717) is 11.1 Å². The predicted molar refractivity (Wildman–Crippen MR) is 111 cm³/mol. The summed E-state index contributed by atoms with van der Waals surface area (Å²) in [5, 5.41) is 0. The van der Waals surface area contributed by atoms with Crippen molar-refractivity contribution in [3.63, 3.8) is 0 Å². The first-order chi connectivity index (χ1) is 14.6. The number of hydrogen-bond acceptors (Lipinski definition) is 10. The zero-order valence-electron chi connectivity index (χ0n) is 16.1. The van der Waals surface area contributed by atoms with Crippen molar-refractivity contribution >= 4 is 40.5 Å². The fraction of sp³-hybridized carbons (Fsp3) is 0.250. The highest BCUT2D eigenvalue weighted by Gasteiger charge is 2.18.